The molecule has 1 unspecified atom stereocenters. The number of hydrogen-bond acceptors (Lipinski definition) is 6. The normalized spacial score (nSPS) is 16.2. The second kappa shape index (κ2) is 17.0. The molecule has 5 rings (SSSR count). The Morgan fingerprint density at radius 3 is 2.37 bits per heavy atom. The molecular formula is C37H41ClN6O7. The highest BCUT2D eigenvalue weighted by atomic mass is 35.5. The van der Waals surface area contributed by atoms with Gasteiger partial charge in [0.1, 0.15) is 30.0 Å². The Kier molecular flexibility index (Phi) is 12.3. The molecule has 0 aliphatic carbocycles. The van der Waals surface area contributed by atoms with Crippen LogP contribution in [0.15, 0.2) is 72.9 Å². The van der Waals surface area contributed by atoms with Gasteiger partial charge >= 0.3 is 5.97 Å². The molecule has 5 amide bonds. The Balaban J connectivity index is 1.39. The molecule has 3 aromatic carbocycles. The summed E-state index contributed by atoms with van der Waals surface area (Å²) >= 11 is 5.65. The predicted octanol–water partition coefficient (Wildman–Crippen LogP) is 2.53. The van der Waals surface area contributed by atoms with Gasteiger partial charge < -0.3 is 36.7 Å². The maximum atomic E-state index is 14.0. The van der Waals surface area contributed by atoms with Crippen molar-refractivity contribution in [2.24, 2.45) is 5.73 Å². The number of piperidine rings is 1. The van der Waals surface area contributed by atoms with Gasteiger partial charge in [-0.2, -0.15) is 0 Å². The molecule has 2 heterocycles. The lowest BCUT2D eigenvalue weighted by molar-refractivity contribution is -0.146. The van der Waals surface area contributed by atoms with E-state index in [0.29, 0.717) is 12.8 Å². The second-order valence-corrected chi connectivity index (χ2v) is 13.0. The number of nitrogens with one attached hydrogen (secondary N) is 4. The molecule has 13 nitrogen and oxygen atoms in total. The molecule has 1 fully saturated rings. The number of carbonyl (C=O) groups is 6. The van der Waals surface area contributed by atoms with Gasteiger partial charge in [0.05, 0.1) is 0 Å². The number of fused-ring (bicyclic) bond motifs is 2. The molecule has 1 aliphatic rings. The summed E-state index contributed by atoms with van der Waals surface area (Å²) < 4.78 is 0. The molecule has 14 heteroatoms. The standard InChI is InChI=1S/C37H41ClN6O7/c38-20-32(45)41-28(14-15-33(46)47)37(51)44-16-6-5-11-31(44)36(50)43-30(18-22-12-13-23-7-1-2-8-24(23)17-22)35(49)42-29(34(39)48)19-25-21-40-27-10-4-3-9-26(25)27/h1-4,7-10,12-13,17,21,28-31,40H,5-6,11,14-16,18-20H2,(H2,39,48)(H,41,45)(H,42,49)(H,43,50)(H,46,47)/t28-,29-,30?,31-/m0/s1. The zero-order chi connectivity index (χ0) is 36.5. The number of carboxylic acids is 1. The van der Waals surface area contributed by atoms with E-state index in [9.17, 15) is 33.9 Å². The molecule has 1 saturated heterocycles. The van der Waals surface area contributed by atoms with Crippen LogP contribution >= 0.6 is 11.6 Å². The van der Waals surface area contributed by atoms with E-state index in [1.54, 1.807) is 6.20 Å². The van der Waals surface area contributed by atoms with Gasteiger partial charge in [-0.15, -0.1) is 11.6 Å². The summed E-state index contributed by atoms with van der Waals surface area (Å²) in [6, 6.07) is 16.5. The maximum absolute atomic E-state index is 14.0. The molecule has 7 N–H and O–H groups in total. The number of primary amides is 1. The molecule has 268 valence electrons. The van der Waals surface area contributed by atoms with Crippen LogP contribution in [0.3, 0.4) is 0 Å². The minimum Gasteiger partial charge on any atom is -0.481 e. The first-order chi connectivity index (χ1) is 24.5. The molecule has 4 atom stereocenters. The van der Waals surface area contributed by atoms with Crippen LogP contribution in [-0.4, -0.2) is 87.1 Å². The fraction of sp³-hybridized carbons (Fsp3) is 0.351. The number of carbonyl (C=O) groups excluding carboxylic acids is 5. The average molecular weight is 717 g/mol. The van der Waals surface area contributed by atoms with Gasteiger partial charge in [0.25, 0.3) is 0 Å². The quantitative estimate of drug-likeness (QED) is 0.101. The number of likely N-dealkylation sites (tertiary alicyclic amines) is 1. The summed E-state index contributed by atoms with van der Waals surface area (Å²) in [6.07, 6.45) is 2.83. The molecule has 0 spiro atoms. The van der Waals surface area contributed by atoms with Gasteiger partial charge in [0.15, 0.2) is 0 Å². The second-order valence-electron chi connectivity index (χ2n) is 12.7. The van der Waals surface area contributed by atoms with Gasteiger partial charge in [-0.3, -0.25) is 28.8 Å². The monoisotopic (exact) mass is 716 g/mol. The van der Waals surface area contributed by atoms with Crippen molar-refractivity contribution in [1.29, 1.82) is 0 Å². The number of nitrogens with two attached hydrogens (primary N) is 1. The van der Waals surface area contributed by atoms with Crippen LogP contribution in [0.5, 0.6) is 0 Å². The highest BCUT2D eigenvalue weighted by molar-refractivity contribution is 6.27. The van der Waals surface area contributed by atoms with Crippen molar-refractivity contribution in [3.8, 4) is 0 Å². The number of aliphatic carboxylic acids is 1. The van der Waals surface area contributed by atoms with Crippen LogP contribution in [0.1, 0.15) is 43.2 Å². The molecule has 51 heavy (non-hydrogen) atoms. The number of H-pyrrole nitrogens is 1. The number of rotatable bonds is 15. The zero-order valence-corrected chi connectivity index (χ0v) is 28.7. The highest BCUT2D eigenvalue weighted by Crippen LogP contribution is 2.22. The smallest absolute Gasteiger partial charge is 0.303 e. The number of aromatic amines is 1. The largest absolute Gasteiger partial charge is 0.481 e. The number of carboxylic acid groups (broad SMARTS) is 1. The SMILES string of the molecule is NC(=O)[C@H](Cc1c[nH]c2ccccc12)NC(=O)C(Cc1ccc2ccccc2c1)NC(=O)[C@@H]1CCCCN1C(=O)[C@H](CCC(=O)O)NC(=O)CCl. The van der Waals surface area contributed by atoms with E-state index in [0.717, 1.165) is 32.8 Å². The van der Waals surface area contributed by atoms with Crippen LogP contribution in [-0.2, 0) is 41.6 Å². The lowest BCUT2D eigenvalue weighted by Crippen LogP contribution is -2.60. The molecule has 1 aliphatic heterocycles. The van der Waals surface area contributed by atoms with Gasteiger partial charge in [-0.25, -0.2) is 0 Å². The summed E-state index contributed by atoms with van der Waals surface area (Å²) in [5.41, 5.74) is 8.16. The van der Waals surface area contributed by atoms with E-state index in [4.69, 9.17) is 17.3 Å². The van der Waals surface area contributed by atoms with Crippen molar-refractivity contribution >= 4 is 68.8 Å². The third kappa shape index (κ3) is 9.43. The number of nitrogens with zero attached hydrogens (tertiary/aromatic N) is 1. The lowest BCUT2D eigenvalue weighted by atomic mass is 9.97. The number of alkyl halides is 1. The third-order valence-electron chi connectivity index (χ3n) is 9.14. The average Bonchev–Trinajstić information content (AvgIpc) is 3.54. The van der Waals surface area contributed by atoms with Crippen molar-refractivity contribution in [2.75, 3.05) is 12.4 Å². The van der Waals surface area contributed by atoms with Crippen molar-refractivity contribution in [3.05, 3.63) is 84.1 Å². The van der Waals surface area contributed by atoms with Gasteiger partial charge in [0.2, 0.25) is 29.5 Å². The van der Waals surface area contributed by atoms with E-state index in [1.165, 1.54) is 4.90 Å². The fourth-order valence-corrected chi connectivity index (χ4v) is 6.60. The summed E-state index contributed by atoms with van der Waals surface area (Å²) in [7, 11) is 0. The van der Waals surface area contributed by atoms with Crippen LogP contribution in [0.4, 0.5) is 0 Å². The fourth-order valence-electron chi connectivity index (χ4n) is 6.52. The van der Waals surface area contributed by atoms with E-state index < -0.39 is 72.0 Å². The van der Waals surface area contributed by atoms with Crippen molar-refractivity contribution in [3.63, 3.8) is 0 Å². The molecule has 4 aromatic rings. The Morgan fingerprint density at radius 2 is 1.63 bits per heavy atom. The van der Waals surface area contributed by atoms with Crippen molar-refractivity contribution < 1.29 is 33.9 Å². The molecule has 1 aromatic heterocycles. The predicted molar refractivity (Wildman–Crippen MR) is 192 cm³/mol. The van der Waals surface area contributed by atoms with Crippen LogP contribution in [0.25, 0.3) is 21.7 Å². The first-order valence-electron chi connectivity index (χ1n) is 16.8. The first kappa shape index (κ1) is 36.8. The van der Waals surface area contributed by atoms with Crippen molar-refractivity contribution in [2.45, 2.75) is 69.1 Å². The number of aromatic nitrogens is 1. The lowest BCUT2D eigenvalue weighted by Gasteiger charge is -2.37. The Bertz CT molecular complexity index is 1930. The maximum Gasteiger partial charge on any atom is 0.303 e. The molecular weight excluding hydrogens is 676 g/mol. The summed E-state index contributed by atoms with van der Waals surface area (Å²) in [5, 5.41) is 20.1. The minimum atomic E-state index is -1.21. The van der Waals surface area contributed by atoms with E-state index in [-0.39, 0.29) is 32.2 Å². The minimum absolute atomic E-state index is 0.0641. The van der Waals surface area contributed by atoms with E-state index >= 15 is 0 Å². The van der Waals surface area contributed by atoms with E-state index in [1.807, 2.05) is 66.7 Å². The Labute approximate surface area is 299 Å². The van der Waals surface area contributed by atoms with Gasteiger partial charge in [-0.05, 0) is 53.6 Å². The first-order valence-corrected chi connectivity index (χ1v) is 17.4. The molecule has 0 bridgehead atoms. The summed E-state index contributed by atoms with van der Waals surface area (Å²) in [6.45, 7) is 0.188. The Hall–Kier alpha value is -5.43. The van der Waals surface area contributed by atoms with Crippen molar-refractivity contribution in [1.82, 2.24) is 25.8 Å². The van der Waals surface area contributed by atoms with Gasteiger partial charge in [0, 0.05) is 42.9 Å². The third-order valence-corrected chi connectivity index (χ3v) is 9.38. The summed E-state index contributed by atoms with van der Waals surface area (Å²) in [4.78, 5) is 82.4. The van der Waals surface area contributed by atoms with E-state index in [2.05, 4.69) is 20.9 Å². The zero-order valence-electron chi connectivity index (χ0n) is 27.9. The topological polar surface area (TPSA) is 204 Å². The number of para-hydroxylation sites is 1. The van der Waals surface area contributed by atoms with Crippen LogP contribution in [0.2, 0.25) is 0 Å². The van der Waals surface area contributed by atoms with Gasteiger partial charge in [-0.1, -0.05) is 60.7 Å². The van der Waals surface area contributed by atoms with Crippen LogP contribution < -0.4 is 21.7 Å². The molecule has 0 radical (unpaired) electrons. The summed E-state index contributed by atoms with van der Waals surface area (Å²) in [5.74, 6) is -4.83. The number of hydrogen-bond donors (Lipinski definition) is 6. The number of benzene rings is 3. The Morgan fingerprint density at radius 1 is 0.882 bits per heavy atom. The highest BCUT2D eigenvalue weighted by Gasteiger charge is 2.38. The van der Waals surface area contributed by atoms with Crippen LogP contribution in [0, 0.1) is 0 Å². The molecule has 0 saturated carbocycles. The number of amides is 5. The number of halogens is 1.